The summed E-state index contributed by atoms with van der Waals surface area (Å²) in [5, 5.41) is 0.783. The first kappa shape index (κ1) is 13.6. The van der Waals surface area contributed by atoms with Crippen molar-refractivity contribution in [2.24, 2.45) is 5.73 Å². The van der Waals surface area contributed by atoms with Gasteiger partial charge in [0.15, 0.2) is 0 Å². The number of hydrogen-bond donors (Lipinski definition) is 1. The van der Waals surface area contributed by atoms with Gasteiger partial charge >= 0.3 is 0 Å². The molecule has 0 aliphatic carbocycles. The monoisotopic (exact) mass is 286 g/mol. The van der Waals surface area contributed by atoms with Crippen LogP contribution in [0.4, 0.5) is 0 Å². The van der Waals surface area contributed by atoms with Crippen LogP contribution in [0, 0.1) is 0 Å². The normalized spacial score (nSPS) is 22.6. The van der Waals surface area contributed by atoms with Crippen LogP contribution in [0.2, 0.25) is 5.02 Å². The highest BCUT2D eigenvalue weighted by Gasteiger charge is 2.30. The minimum Gasteiger partial charge on any atom is -0.329 e. The summed E-state index contributed by atoms with van der Waals surface area (Å²) in [4.78, 5) is 2.35. The van der Waals surface area contributed by atoms with Crippen LogP contribution in [0.3, 0.4) is 0 Å². The van der Waals surface area contributed by atoms with E-state index in [0.29, 0.717) is 18.5 Å². The van der Waals surface area contributed by atoms with Crippen LogP contribution in [0.1, 0.15) is 28.7 Å². The van der Waals surface area contributed by atoms with Gasteiger partial charge in [0.05, 0.1) is 0 Å². The van der Waals surface area contributed by atoms with Gasteiger partial charge in [-0.2, -0.15) is 0 Å². The Kier molecular flexibility index (Phi) is 3.79. The van der Waals surface area contributed by atoms with Crippen LogP contribution in [-0.2, 0) is 0 Å². The Bertz CT molecular complexity index is 594. The first-order valence-electron chi connectivity index (χ1n) is 6.95. The summed E-state index contributed by atoms with van der Waals surface area (Å²) >= 11 is 6.00. The molecule has 0 amide bonds. The molecule has 104 valence electrons. The molecule has 20 heavy (non-hydrogen) atoms. The molecule has 2 aromatic rings. The Morgan fingerprint density at radius 1 is 1.10 bits per heavy atom. The largest absolute Gasteiger partial charge is 0.329 e. The van der Waals surface area contributed by atoms with E-state index in [4.69, 9.17) is 17.3 Å². The van der Waals surface area contributed by atoms with E-state index >= 15 is 0 Å². The van der Waals surface area contributed by atoms with E-state index in [1.807, 2.05) is 12.1 Å². The van der Waals surface area contributed by atoms with E-state index < -0.39 is 0 Å². The molecular weight excluding hydrogens is 268 g/mol. The second-order valence-corrected chi connectivity index (χ2v) is 5.86. The quantitative estimate of drug-likeness (QED) is 0.917. The summed E-state index contributed by atoms with van der Waals surface area (Å²) in [6, 6.07) is 17.1. The molecule has 1 aliphatic heterocycles. The minimum absolute atomic E-state index is 0.315. The van der Waals surface area contributed by atoms with E-state index in [-0.39, 0.29) is 0 Å². The summed E-state index contributed by atoms with van der Waals surface area (Å²) in [5.74, 6) is 0.385. The standard InChI is InChI=1S/C17H19ClN2/c1-20-11-16(12-6-8-13(18)9-7-12)14-4-2-3-5-15(14)17(20)10-19/h2-9,16-17H,10-11,19H2,1H3. The average molecular weight is 287 g/mol. The number of fused-ring (bicyclic) bond motifs is 1. The van der Waals surface area contributed by atoms with Crippen molar-refractivity contribution in [3.63, 3.8) is 0 Å². The molecule has 2 aromatic carbocycles. The number of rotatable bonds is 2. The van der Waals surface area contributed by atoms with Gasteiger partial charge in [0, 0.05) is 30.1 Å². The predicted octanol–water partition coefficient (Wildman–Crippen LogP) is 3.42. The van der Waals surface area contributed by atoms with Gasteiger partial charge in [0.1, 0.15) is 0 Å². The van der Waals surface area contributed by atoms with Crippen LogP contribution >= 0.6 is 11.6 Å². The van der Waals surface area contributed by atoms with Crippen LogP contribution in [-0.4, -0.2) is 25.0 Å². The molecular formula is C17H19ClN2. The Morgan fingerprint density at radius 2 is 1.75 bits per heavy atom. The van der Waals surface area contributed by atoms with E-state index in [9.17, 15) is 0 Å². The molecule has 0 spiro atoms. The number of nitrogens with zero attached hydrogens (tertiary/aromatic N) is 1. The molecule has 0 radical (unpaired) electrons. The molecule has 2 atom stereocenters. The number of hydrogen-bond acceptors (Lipinski definition) is 2. The topological polar surface area (TPSA) is 29.3 Å². The van der Waals surface area contributed by atoms with E-state index in [2.05, 4.69) is 48.3 Å². The molecule has 2 unspecified atom stereocenters. The lowest BCUT2D eigenvalue weighted by molar-refractivity contribution is 0.223. The maximum atomic E-state index is 6.00. The van der Waals surface area contributed by atoms with Crippen molar-refractivity contribution in [1.82, 2.24) is 4.90 Å². The highest BCUT2D eigenvalue weighted by atomic mass is 35.5. The fourth-order valence-corrected chi connectivity index (χ4v) is 3.30. The minimum atomic E-state index is 0.315. The number of halogens is 1. The molecule has 3 rings (SSSR count). The molecule has 0 aromatic heterocycles. The van der Waals surface area contributed by atoms with Crippen LogP contribution in [0.5, 0.6) is 0 Å². The predicted molar refractivity (Wildman–Crippen MR) is 84.2 cm³/mol. The van der Waals surface area contributed by atoms with Gasteiger partial charge in [-0.15, -0.1) is 0 Å². The zero-order valence-electron chi connectivity index (χ0n) is 11.6. The maximum Gasteiger partial charge on any atom is 0.0470 e. The summed E-state index contributed by atoms with van der Waals surface area (Å²) in [7, 11) is 2.15. The van der Waals surface area contributed by atoms with Crippen molar-refractivity contribution in [2.75, 3.05) is 20.1 Å². The Labute approximate surface area is 125 Å². The smallest absolute Gasteiger partial charge is 0.0470 e. The van der Waals surface area contributed by atoms with Crippen molar-refractivity contribution in [3.05, 3.63) is 70.2 Å². The molecule has 0 saturated carbocycles. The number of benzene rings is 2. The van der Waals surface area contributed by atoms with E-state index in [0.717, 1.165) is 11.6 Å². The number of nitrogens with two attached hydrogens (primary N) is 1. The van der Waals surface area contributed by atoms with Crippen LogP contribution < -0.4 is 5.73 Å². The highest BCUT2D eigenvalue weighted by Crippen LogP contribution is 2.38. The van der Waals surface area contributed by atoms with Gasteiger partial charge in [-0.1, -0.05) is 48.0 Å². The Morgan fingerprint density at radius 3 is 2.40 bits per heavy atom. The zero-order valence-corrected chi connectivity index (χ0v) is 12.3. The van der Waals surface area contributed by atoms with Gasteiger partial charge in [-0.3, -0.25) is 4.90 Å². The van der Waals surface area contributed by atoms with Crippen molar-refractivity contribution >= 4 is 11.6 Å². The number of likely N-dealkylation sites (N-methyl/N-ethyl adjacent to an activating group) is 1. The van der Waals surface area contributed by atoms with Crippen LogP contribution in [0.25, 0.3) is 0 Å². The molecule has 0 saturated heterocycles. The summed E-state index contributed by atoms with van der Waals surface area (Å²) in [6.07, 6.45) is 0. The molecule has 0 fully saturated rings. The molecule has 3 heteroatoms. The molecule has 0 bridgehead atoms. The van der Waals surface area contributed by atoms with Crippen molar-refractivity contribution in [3.8, 4) is 0 Å². The lowest BCUT2D eigenvalue weighted by atomic mass is 9.81. The third-order valence-corrected chi connectivity index (χ3v) is 4.48. The molecule has 2 nitrogen and oxygen atoms in total. The first-order valence-corrected chi connectivity index (χ1v) is 7.33. The highest BCUT2D eigenvalue weighted by molar-refractivity contribution is 6.30. The van der Waals surface area contributed by atoms with Gasteiger partial charge in [-0.25, -0.2) is 0 Å². The van der Waals surface area contributed by atoms with Gasteiger partial charge in [0.2, 0.25) is 0 Å². The van der Waals surface area contributed by atoms with E-state index in [1.54, 1.807) is 0 Å². The molecule has 1 aliphatic rings. The SMILES string of the molecule is CN1CC(c2ccc(Cl)cc2)c2ccccc2C1CN. The average Bonchev–Trinajstić information content (AvgIpc) is 2.47. The van der Waals surface area contributed by atoms with Gasteiger partial charge < -0.3 is 5.73 Å². The third kappa shape index (κ3) is 2.35. The fourth-order valence-electron chi connectivity index (χ4n) is 3.17. The fraction of sp³-hybridized carbons (Fsp3) is 0.294. The van der Waals surface area contributed by atoms with Crippen molar-refractivity contribution < 1.29 is 0 Å². The van der Waals surface area contributed by atoms with Crippen LogP contribution in [0.15, 0.2) is 48.5 Å². The summed E-state index contributed by atoms with van der Waals surface area (Å²) in [6.45, 7) is 1.64. The summed E-state index contributed by atoms with van der Waals surface area (Å²) in [5.41, 5.74) is 10.0. The van der Waals surface area contributed by atoms with E-state index in [1.165, 1.54) is 16.7 Å². The molecule has 2 N–H and O–H groups in total. The maximum absolute atomic E-state index is 6.00. The van der Waals surface area contributed by atoms with Gasteiger partial charge in [-0.05, 0) is 35.9 Å². The summed E-state index contributed by atoms with van der Waals surface area (Å²) < 4.78 is 0. The first-order chi connectivity index (χ1) is 9.70. The van der Waals surface area contributed by atoms with Gasteiger partial charge in [0.25, 0.3) is 0 Å². The van der Waals surface area contributed by atoms with Crippen molar-refractivity contribution in [1.29, 1.82) is 0 Å². The molecule has 1 heterocycles. The second kappa shape index (κ2) is 5.57. The Hall–Kier alpha value is -1.35. The zero-order chi connectivity index (χ0) is 14.1. The lowest BCUT2D eigenvalue weighted by Crippen LogP contribution is -2.38. The Balaban J connectivity index is 2.06. The lowest BCUT2D eigenvalue weighted by Gasteiger charge is -2.39. The third-order valence-electron chi connectivity index (χ3n) is 4.23. The van der Waals surface area contributed by atoms with Crippen molar-refractivity contribution in [2.45, 2.75) is 12.0 Å². The second-order valence-electron chi connectivity index (χ2n) is 5.42.